The van der Waals surface area contributed by atoms with Crippen molar-refractivity contribution in [2.75, 3.05) is 0 Å². The van der Waals surface area contributed by atoms with Crippen LogP contribution in [0, 0.1) is 5.82 Å². The van der Waals surface area contributed by atoms with Gasteiger partial charge >= 0.3 is 0 Å². The van der Waals surface area contributed by atoms with Gasteiger partial charge in [0.1, 0.15) is 5.82 Å². The summed E-state index contributed by atoms with van der Waals surface area (Å²) in [6.07, 6.45) is 3.34. The molecule has 3 aromatic rings. The van der Waals surface area contributed by atoms with E-state index in [4.69, 9.17) is 0 Å². The Kier molecular flexibility index (Phi) is 4.83. The van der Waals surface area contributed by atoms with Crippen molar-refractivity contribution in [3.63, 3.8) is 0 Å². The third kappa shape index (κ3) is 3.54. The highest BCUT2D eigenvalue weighted by molar-refractivity contribution is 8.00. The Labute approximate surface area is 161 Å². The minimum Gasteiger partial charge on any atom is -0.305 e. The van der Waals surface area contributed by atoms with Crippen molar-refractivity contribution in [1.29, 1.82) is 0 Å². The van der Waals surface area contributed by atoms with Gasteiger partial charge in [-0.15, -0.1) is 10.2 Å². The number of aryl methyl sites for hydroxylation is 2. The molecule has 6 heteroatoms. The van der Waals surface area contributed by atoms with Crippen LogP contribution in [0.15, 0.2) is 47.6 Å². The molecule has 1 unspecified atom stereocenters. The van der Waals surface area contributed by atoms with Crippen molar-refractivity contribution in [1.82, 2.24) is 14.8 Å². The number of nitrogens with zero attached hydrogens (tertiary/aromatic N) is 3. The lowest BCUT2D eigenvalue weighted by atomic mass is 10.0. The van der Waals surface area contributed by atoms with Crippen molar-refractivity contribution in [2.24, 2.45) is 7.05 Å². The molecule has 0 saturated carbocycles. The maximum Gasteiger partial charge on any atom is 0.191 e. The van der Waals surface area contributed by atoms with Crippen molar-refractivity contribution < 1.29 is 9.18 Å². The molecule has 0 N–H and O–H groups in total. The van der Waals surface area contributed by atoms with Crippen molar-refractivity contribution >= 4 is 17.5 Å². The molecular formula is C21H20FN3OS. The fourth-order valence-corrected chi connectivity index (χ4v) is 4.33. The Morgan fingerprint density at radius 3 is 2.63 bits per heavy atom. The number of Topliss-reactive ketones (excluding diaryl/α,β-unsaturated/α-hetero) is 1. The predicted octanol–water partition coefficient (Wildman–Crippen LogP) is 4.47. The largest absolute Gasteiger partial charge is 0.305 e. The summed E-state index contributed by atoms with van der Waals surface area (Å²) in [5, 5.41) is 8.82. The number of ketones is 1. The Balaban J connectivity index is 1.52. The molecule has 1 aliphatic rings. The number of halogens is 1. The Morgan fingerprint density at radius 1 is 1.11 bits per heavy atom. The molecule has 0 amide bonds. The number of fused-ring (bicyclic) bond motifs is 1. The van der Waals surface area contributed by atoms with Crippen LogP contribution in [0.4, 0.5) is 4.39 Å². The zero-order valence-corrected chi connectivity index (χ0v) is 16.1. The van der Waals surface area contributed by atoms with E-state index in [0.29, 0.717) is 11.0 Å². The van der Waals surface area contributed by atoms with E-state index in [1.807, 2.05) is 30.7 Å². The third-order valence-corrected chi connectivity index (χ3v) is 6.11. The van der Waals surface area contributed by atoms with Crippen LogP contribution in [0.3, 0.4) is 0 Å². The van der Waals surface area contributed by atoms with E-state index in [1.54, 1.807) is 12.1 Å². The number of hydrogen-bond donors (Lipinski definition) is 0. The van der Waals surface area contributed by atoms with E-state index in [9.17, 15) is 9.18 Å². The fraction of sp³-hybridized carbons (Fsp3) is 0.286. The molecule has 138 valence electrons. The highest BCUT2D eigenvalue weighted by Crippen LogP contribution is 2.29. The summed E-state index contributed by atoms with van der Waals surface area (Å²) < 4.78 is 15.0. The molecule has 1 aromatic heterocycles. The summed E-state index contributed by atoms with van der Waals surface area (Å²) in [4.78, 5) is 12.9. The monoisotopic (exact) mass is 381 g/mol. The van der Waals surface area contributed by atoms with Gasteiger partial charge in [0.25, 0.3) is 0 Å². The molecule has 27 heavy (non-hydrogen) atoms. The smallest absolute Gasteiger partial charge is 0.191 e. The number of carbonyl (C=O) groups excluding carboxylic acids is 1. The van der Waals surface area contributed by atoms with E-state index in [0.717, 1.165) is 24.0 Å². The number of aromatic nitrogens is 3. The summed E-state index contributed by atoms with van der Waals surface area (Å²) in [7, 11) is 1.85. The zero-order chi connectivity index (χ0) is 19.0. The first-order chi connectivity index (χ1) is 13.0. The third-order valence-electron chi connectivity index (χ3n) is 4.97. The zero-order valence-electron chi connectivity index (χ0n) is 15.3. The second kappa shape index (κ2) is 7.27. The molecule has 4 nitrogen and oxygen atoms in total. The van der Waals surface area contributed by atoms with Gasteiger partial charge in [-0.2, -0.15) is 0 Å². The van der Waals surface area contributed by atoms with Gasteiger partial charge in [-0.1, -0.05) is 23.9 Å². The van der Waals surface area contributed by atoms with E-state index < -0.39 is 0 Å². The summed E-state index contributed by atoms with van der Waals surface area (Å²) in [5.74, 6) is 0.458. The Hall–Kier alpha value is -2.47. The number of carbonyl (C=O) groups is 1. The molecule has 0 fully saturated rings. The van der Waals surface area contributed by atoms with Crippen LogP contribution in [-0.4, -0.2) is 25.8 Å². The highest BCUT2D eigenvalue weighted by atomic mass is 32.2. The van der Waals surface area contributed by atoms with E-state index in [2.05, 4.69) is 16.3 Å². The highest BCUT2D eigenvalue weighted by Gasteiger charge is 2.22. The molecule has 1 atom stereocenters. The van der Waals surface area contributed by atoms with Crippen LogP contribution >= 0.6 is 11.8 Å². The number of benzene rings is 2. The first-order valence-electron chi connectivity index (χ1n) is 9.01. The second-order valence-electron chi connectivity index (χ2n) is 6.83. The molecule has 0 radical (unpaired) electrons. The topological polar surface area (TPSA) is 47.8 Å². The van der Waals surface area contributed by atoms with Crippen molar-refractivity contribution in [2.45, 2.75) is 36.6 Å². The van der Waals surface area contributed by atoms with Gasteiger partial charge < -0.3 is 4.57 Å². The number of hydrogen-bond acceptors (Lipinski definition) is 4. The lowest BCUT2D eigenvalue weighted by molar-refractivity contribution is 0.0993. The maximum absolute atomic E-state index is 13.1. The van der Waals surface area contributed by atoms with Crippen LogP contribution in [-0.2, 0) is 19.9 Å². The molecule has 0 saturated heterocycles. The minimum absolute atomic E-state index is 0.0982. The summed E-state index contributed by atoms with van der Waals surface area (Å²) in [6, 6.07) is 12.2. The van der Waals surface area contributed by atoms with Crippen molar-refractivity contribution in [3.05, 3.63) is 65.0 Å². The van der Waals surface area contributed by atoms with Crippen LogP contribution in [0.5, 0.6) is 0 Å². The van der Waals surface area contributed by atoms with Gasteiger partial charge in [0, 0.05) is 18.2 Å². The normalized spacial score (nSPS) is 14.2. The SMILES string of the molecule is CC(Sc1nnc(-c2ccc(F)cc2)n1C)C(=O)c1ccc2c(c1)CCC2. The van der Waals surface area contributed by atoms with Crippen molar-refractivity contribution in [3.8, 4) is 11.4 Å². The van der Waals surface area contributed by atoms with Crippen LogP contribution in [0.25, 0.3) is 11.4 Å². The van der Waals surface area contributed by atoms with Gasteiger partial charge in [0.15, 0.2) is 16.8 Å². The van der Waals surface area contributed by atoms with Gasteiger partial charge in [0.05, 0.1) is 5.25 Å². The maximum atomic E-state index is 13.1. The number of rotatable bonds is 5. The molecule has 2 aromatic carbocycles. The second-order valence-corrected chi connectivity index (χ2v) is 8.14. The quantitative estimate of drug-likeness (QED) is 0.483. The van der Waals surface area contributed by atoms with Crippen LogP contribution < -0.4 is 0 Å². The van der Waals surface area contributed by atoms with E-state index in [-0.39, 0.29) is 16.9 Å². The molecule has 0 spiro atoms. The van der Waals surface area contributed by atoms with Gasteiger partial charge in [-0.3, -0.25) is 4.79 Å². The van der Waals surface area contributed by atoms with Crippen LogP contribution in [0.2, 0.25) is 0 Å². The lowest BCUT2D eigenvalue weighted by Crippen LogP contribution is -2.14. The van der Waals surface area contributed by atoms with E-state index in [1.165, 1.54) is 41.4 Å². The Bertz CT molecular complexity index is 997. The lowest BCUT2D eigenvalue weighted by Gasteiger charge is -2.11. The van der Waals surface area contributed by atoms with Gasteiger partial charge in [-0.25, -0.2) is 4.39 Å². The predicted molar refractivity (Wildman–Crippen MR) is 105 cm³/mol. The van der Waals surface area contributed by atoms with E-state index >= 15 is 0 Å². The average molecular weight is 381 g/mol. The molecule has 0 bridgehead atoms. The van der Waals surface area contributed by atoms with Crippen LogP contribution in [0.1, 0.15) is 34.8 Å². The van der Waals surface area contributed by atoms with Gasteiger partial charge in [-0.05, 0) is 67.6 Å². The molecule has 0 aliphatic heterocycles. The summed E-state index contributed by atoms with van der Waals surface area (Å²) in [6.45, 7) is 1.90. The van der Waals surface area contributed by atoms with Gasteiger partial charge in [0.2, 0.25) is 0 Å². The summed E-state index contributed by atoms with van der Waals surface area (Å²) >= 11 is 1.39. The molecule has 1 heterocycles. The fourth-order valence-electron chi connectivity index (χ4n) is 3.44. The molecule has 1 aliphatic carbocycles. The standard InChI is InChI=1S/C21H20FN3OS/c1-13(19(26)17-7-6-14-4-3-5-16(14)12-17)27-21-24-23-20(25(21)2)15-8-10-18(22)11-9-15/h6-13H,3-5H2,1-2H3. The first-order valence-corrected chi connectivity index (χ1v) is 9.89. The first kappa shape index (κ1) is 17.9. The molecular weight excluding hydrogens is 361 g/mol. The molecule has 4 rings (SSSR count). The summed E-state index contributed by atoms with van der Waals surface area (Å²) in [5.41, 5.74) is 4.21. The Morgan fingerprint density at radius 2 is 1.85 bits per heavy atom. The number of thioether (sulfide) groups is 1. The minimum atomic E-state index is -0.288. The average Bonchev–Trinajstić information content (AvgIpc) is 3.28.